The summed E-state index contributed by atoms with van der Waals surface area (Å²) in [6.07, 6.45) is 1.10. The Bertz CT molecular complexity index is 584. The Morgan fingerprint density at radius 3 is 2.94 bits per heavy atom. The second-order valence-electron chi connectivity index (χ2n) is 4.72. The number of fused-ring (bicyclic) bond motifs is 3. The van der Waals surface area contributed by atoms with Crippen LogP contribution in [0.25, 0.3) is 10.9 Å². The highest BCUT2D eigenvalue weighted by atomic mass is 16.5. The normalized spacial score (nSPS) is 15.0. The van der Waals surface area contributed by atoms with E-state index < -0.39 is 0 Å². The number of hydrogen-bond donors (Lipinski definition) is 1. The number of methoxy groups -OCH3 is 1. The molecule has 0 fully saturated rings. The molecule has 3 rings (SSSR count). The topological polar surface area (TPSA) is 26.2 Å². The standard InChI is InChI=1S/C14H18N2O/c1-9-4-5-12(17-3)13-10-8-15-7-6-11(10)16(2)14(9)13/h4-5,15H,6-8H2,1-3H3. The lowest BCUT2D eigenvalue weighted by Crippen LogP contribution is -2.24. The van der Waals surface area contributed by atoms with Crippen molar-refractivity contribution < 1.29 is 4.74 Å². The number of rotatable bonds is 1. The van der Waals surface area contributed by atoms with E-state index in [1.54, 1.807) is 7.11 Å². The van der Waals surface area contributed by atoms with E-state index in [2.05, 4.69) is 36.0 Å². The first-order valence-electron chi connectivity index (χ1n) is 6.08. The van der Waals surface area contributed by atoms with Gasteiger partial charge < -0.3 is 14.6 Å². The number of aryl methyl sites for hydroxylation is 2. The fourth-order valence-corrected chi connectivity index (χ4v) is 2.98. The highest BCUT2D eigenvalue weighted by Gasteiger charge is 2.21. The van der Waals surface area contributed by atoms with Crippen molar-refractivity contribution in [1.82, 2.24) is 9.88 Å². The Morgan fingerprint density at radius 2 is 2.18 bits per heavy atom. The van der Waals surface area contributed by atoms with E-state index in [4.69, 9.17) is 4.74 Å². The van der Waals surface area contributed by atoms with Gasteiger partial charge in [-0.15, -0.1) is 0 Å². The SMILES string of the molecule is COc1ccc(C)c2c1c1c(n2C)CCNC1. The van der Waals surface area contributed by atoms with Gasteiger partial charge >= 0.3 is 0 Å². The molecule has 0 amide bonds. The molecule has 0 saturated heterocycles. The Morgan fingerprint density at radius 1 is 1.35 bits per heavy atom. The number of aromatic nitrogens is 1. The summed E-state index contributed by atoms with van der Waals surface area (Å²) in [6, 6.07) is 4.21. The van der Waals surface area contributed by atoms with Crippen molar-refractivity contribution in [3.8, 4) is 5.75 Å². The lowest BCUT2D eigenvalue weighted by atomic mass is 10.0. The Balaban J connectivity index is 2.45. The van der Waals surface area contributed by atoms with E-state index in [0.717, 1.165) is 25.3 Å². The van der Waals surface area contributed by atoms with E-state index in [1.165, 1.54) is 27.7 Å². The van der Waals surface area contributed by atoms with Gasteiger partial charge in [0.25, 0.3) is 0 Å². The van der Waals surface area contributed by atoms with Crippen LogP contribution in [0.5, 0.6) is 5.75 Å². The van der Waals surface area contributed by atoms with Crippen LogP contribution < -0.4 is 10.1 Å². The molecule has 0 radical (unpaired) electrons. The van der Waals surface area contributed by atoms with Gasteiger partial charge in [-0.1, -0.05) is 6.07 Å². The molecule has 0 atom stereocenters. The first-order chi connectivity index (χ1) is 8.24. The summed E-state index contributed by atoms with van der Waals surface area (Å²) in [5, 5.41) is 4.74. The zero-order valence-corrected chi connectivity index (χ0v) is 10.6. The number of nitrogens with one attached hydrogen (secondary N) is 1. The van der Waals surface area contributed by atoms with Crippen molar-refractivity contribution >= 4 is 10.9 Å². The Hall–Kier alpha value is -1.48. The van der Waals surface area contributed by atoms with Gasteiger partial charge in [-0.3, -0.25) is 0 Å². The fourth-order valence-electron chi connectivity index (χ4n) is 2.98. The van der Waals surface area contributed by atoms with Gasteiger partial charge in [0.15, 0.2) is 0 Å². The summed E-state index contributed by atoms with van der Waals surface area (Å²) in [5.41, 5.74) is 5.50. The van der Waals surface area contributed by atoms with Crippen LogP contribution in [0.3, 0.4) is 0 Å². The van der Waals surface area contributed by atoms with Crippen molar-refractivity contribution in [2.45, 2.75) is 19.9 Å². The molecular formula is C14H18N2O. The molecule has 3 heteroatoms. The van der Waals surface area contributed by atoms with Gasteiger partial charge in [-0.25, -0.2) is 0 Å². The molecule has 1 aliphatic heterocycles. The predicted octanol–water partition coefficient (Wildman–Crippen LogP) is 2.14. The van der Waals surface area contributed by atoms with Crippen molar-refractivity contribution in [1.29, 1.82) is 0 Å². The number of benzene rings is 1. The van der Waals surface area contributed by atoms with Gasteiger partial charge in [0.05, 0.1) is 12.6 Å². The monoisotopic (exact) mass is 230 g/mol. The highest BCUT2D eigenvalue weighted by Crippen LogP contribution is 2.36. The third-order valence-electron chi connectivity index (χ3n) is 3.79. The average molecular weight is 230 g/mol. The van der Waals surface area contributed by atoms with Crippen LogP contribution in [0.4, 0.5) is 0 Å². The molecule has 2 aromatic rings. The molecule has 1 N–H and O–H groups in total. The Labute approximate surface area is 101 Å². The minimum Gasteiger partial charge on any atom is -0.496 e. The molecule has 2 heterocycles. The molecule has 1 aromatic heterocycles. The number of ether oxygens (including phenoxy) is 1. The molecule has 1 aromatic carbocycles. The predicted molar refractivity (Wildman–Crippen MR) is 69.6 cm³/mol. The van der Waals surface area contributed by atoms with Crippen LogP contribution >= 0.6 is 0 Å². The van der Waals surface area contributed by atoms with Crippen LogP contribution in [-0.4, -0.2) is 18.2 Å². The van der Waals surface area contributed by atoms with E-state index in [-0.39, 0.29) is 0 Å². The minimum absolute atomic E-state index is 0.951. The van der Waals surface area contributed by atoms with Crippen LogP contribution in [0.1, 0.15) is 16.8 Å². The average Bonchev–Trinajstić information content (AvgIpc) is 2.66. The summed E-state index contributed by atoms with van der Waals surface area (Å²) in [6.45, 7) is 4.19. The lowest BCUT2D eigenvalue weighted by Gasteiger charge is -2.15. The summed E-state index contributed by atoms with van der Waals surface area (Å²) in [4.78, 5) is 0. The zero-order chi connectivity index (χ0) is 12.0. The maximum Gasteiger partial charge on any atom is 0.128 e. The summed E-state index contributed by atoms with van der Waals surface area (Å²) >= 11 is 0. The maximum absolute atomic E-state index is 5.52. The first kappa shape index (κ1) is 10.7. The maximum atomic E-state index is 5.52. The van der Waals surface area contributed by atoms with E-state index >= 15 is 0 Å². The smallest absolute Gasteiger partial charge is 0.128 e. The molecule has 0 unspecified atom stereocenters. The molecule has 3 nitrogen and oxygen atoms in total. The third-order valence-corrected chi connectivity index (χ3v) is 3.79. The molecule has 1 aliphatic rings. The largest absolute Gasteiger partial charge is 0.496 e. The lowest BCUT2D eigenvalue weighted by molar-refractivity contribution is 0.419. The van der Waals surface area contributed by atoms with Crippen molar-refractivity contribution in [3.05, 3.63) is 29.0 Å². The molecule has 0 saturated carbocycles. The highest BCUT2D eigenvalue weighted by molar-refractivity contribution is 5.93. The van der Waals surface area contributed by atoms with E-state index in [0.29, 0.717) is 0 Å². The van der Waals surface area contributed by atoms with E-state index in [9.17, 15) is 0 Å². The van der Waals surface area contributed by atoms with Crippen molar-refractivity contribution in [3.63, 3.8) is 0 Å². The summed E-state index contributed by atoms with van der Waals surface area (Å²) in [7, 11) is 3.92. The first-order valence-corrected chi connectivity index (χ1v) is 6.08. The van der Waals surface area contributed by atoms with Gasteiger partial charge in [0, 0.05) is 37.6 Å². The van der Waals surface area contributed by atoms with Gasteiger partial charge in [-0.05, 0) is 24.1 Å². The zero-order valence-electron chi connectivity index (χ0n) is 10.6. The number of hydrogen-bond acceptors (Lipinski definition) is 2. The molecule has 0 bridgehead atoms. The van der Waals surface area contributed by atoms with Crippen LogP contribution in [0, 0.1) is 6.92 Å². The van der Waals surface area contributed by atoms with E-state index in [1.807, 2.05) is 0 Å². The summed E-state index contributed by atoms with van der Waals surface area (Å²) in [5.74, 6) is 0.992. The fraction of sp³-hybridized carbons (Fsp3) is 0.429. The molecule has 90 valence electrons. The quantitative estimate of drug-likeness (QED) is 0.812. The van der Waals surface area contributed by atoms with Crippen molar-refractivity contribution in [2.75, 3.05) is 13.7 Å². The second-order valence-corrected chi connectivity index (χ2v) is 4.72. The minimum atomic E-state index is 0.951. The van der Waals surface area contributed by atoms with Crippen molar-refractivity contribution in [2.24, 2.45) is 7.05 Å². The van der Waals surface area contributed by atoms with Gasteiger partial charge in [-0.2, -0.15) is 0 Å². The molecular weight excluding hydrogens is 212 g/mol. The van der Waals surface area contributed by atoms with Crippen LogP contribution in [0.2, 0.25) is 0 Å². The molecule has 17 heavy (non-hydrogen) atoms. The summed E-state index contributed by atoms with van der Waals surface area (Å²) < 4.78 is 7.86. The molecule has 0 aliphatic carbocycles. The third kappa shape index (κ3) is 1.39. The van der Waals surface area contributed by atoms with Gasteiger partial charge in [0.2, 0.25) is 0 Å². The van der Waals surface area contributed by atoms with Crippen LogP contribution in [-0.2, 0) is 20.0 Å². The molecule has 0 spiro atoms. The van der Waals surface area contributed by atoms with Gasteiger partial charge in [0.1, 0.15) is 5.75 Å². The van der Waals surface area contributed by atoms with Crippen LogP contribution in [0.15, 0.2) is 12.1 Å². The second kappa shape index (κ2) is 3.77. The number of nitrogens with zero attached hydrogens (tertiary/aromatic N) is 1. The Kier molecular flexibility index (Phi) is 2.37.